The molecule has 0 bridgehead atoms. The van der Waals surface area contributed by atoms with E-state index in [-0.39, 0.29) is 12.7 Å². The summed E-state index contributed by atoms with van der Waals surface area (Å²) < 4.78 is 0. The lowest BCUT2D eigenvalue weighted by molar-refractivity contribution is 0.267. The second-order valence-electron chi connectivity index (χ2n) is 2.13. The van der Waals surface area contributed by atoms with Crippen LogP contribution in [0.15, 0.2) is 30.3 Å². The molecule has 1 aromatic carbocycles. The minimum Gasteiger partial charge on any atom is -0.361 e. The molecule has 0 atom stereocenters. The molecule has 0 aromatic heterocycles. The van der Waals surface area contributed by atoms with E-state index >= 15 is 0 Å². The summed E-state index contributed by atoms with van der Waals surface area (Å²) in [5.74, 6) is 0. The number of amides is 2. The van der Waals surface area contributed by atoms with Gasteiger partial charge in [0.05, 0.1) is 0 Å². The second-order valence-corrected chi connectivity index (χ2v) is 2.98. The minimum atomic E-state index is -0.639. The van der Waals surface area contributed by atoms with E-state index in [4.69, 9.17) is 4.79 Å². The van der Waals surface area contributed by atoms with E-state index < -0.39 is 5.24 Å². The number of para-hydroxylation sites is 1. The quantitative estimate of drug-likeness (QED) is 0.575. The highest BCUT2D eigenvalue weighted by Crippen LogP contribution is 2.05. The molecule has 6 heteroatoms. The summed E-state index contributed by atoms with van der Waals surface area (Å²) in [6.07, 6.45) is 0. The van der Waals surface area contributed by atoms with Gasteiger partial charge in [0.2, 0.25) is 0 Å². The number of nitrogens with one attached hydrogen (secondary N) is 1. The average molecular weight is 246 g/mol. The van der Waals surface area contributed by atoms with Gasteiger partial charge < -0.3 is 11.1 Å². The molecule has 0 radical (unpaired) electrons. The summed E-state index contributed by atoms with van der Waals surface area (Å²) in [5, 5.41) is 1.55. The van der Waals surface area contributed by atoms with E-state index in [1.807, 2.05) is 18.2 Å². The van der Waals surface area contributed by atoms with Crippen LogP contribution in [0.2, 0.25) is 0 Å². The molecule has 0 aliphatic heterocycles. The van der Waals surface area contributed by atoms with Gasteiger partial charge in [0.1, 0.15) is 0 Å². The standard InChI is InChI=1S/C7H7NOS.CH3NOS.CH4/c9-7(10)8-6-4-2-1-3-5-6;2-1(3)4;/h1-5H,(H2,8,9,10);(H3,2,3,4);1H4. The lowest BCUT2D eigenvalue weighted by Crippen LogP contribution is -1.99. The first kappa shape index (κ1) is 16.3. The van der Waals surface area contributed by atoms with Gasteiger partial charge in [-0.15, -0.1) is 0 Å². The normalized spacial score (nSPS) is 7.60. The lowest BCUT2D eigenvalue weighted by atomic mass is 10.3. The topological polar surface area (TPSA) is 72.2 Å². The molecule has 0 fully saturated rings. The van der Waals surface area contributed by atoms with Crippen LogP contribution in [0.1, 0.15) is 7.43 Å². The number of carbonyl (C=O) groups is 2. The molecule has 0 aliphatic rings. The van der Waals surface area contributed by atoms with E-state index in [0.717, 1.165) is 5.69 Å². The Morgan fingerprint density at radius 2 is 1.53 bits per heavy atom. The van der Waals surface area contributed by atoms with Crippen LogP contribution in [-0.2, 0) is 0 Å². The third kappa shape index (κ3) is 12.9. The molecular formula is C9H14N2O2S2. The Hall–Kier alpha value is -1.14. The van der Waals surface area contributed by atoms with Crippen molar-refractivity contribution in [2.45, 2.75) is 7.43 Å². The fraction of sp³-hybridized carbons (Fsp3) is 0.111. The molecule has 0 saturated heterocycles. The summed E-state index contributed by atoms with van der Waals surface area (Å²) in [6.45, 7) is 0. The number of rotatable bonds is 1. The number of carbonyl (C=O) groups excluding carboxylic acids is 2. The van der Waals surface area contributed by atoms with Crippen LogP contribution in [0.3, 0.4) is 0 Å². The molecule has 0 spiro atoms. The molecule has 0 saturated carbocycles. The molecule has 0 heterocycles. The largest absolute Gasteiger partial charge is 0.361 e. The minimum absolute atomic E-state index is 0. The average Bonchev–Trinajstić information content (AvgIpc) is 2.03. The highest BCUT2D eigenvalue weighted by molar-refractivity contribution is 7.97. The highest BCUT2D eigenvalue weighted by atomic mass is 32.1. The fourth-order valence-corrected chi connectivity index (χ4v) is 0.774. The Morgan fingerprint density at radius 3 is 1.87 bits per heavy atom. The zero-order valence-corrected chi connectivity index (χ0v) is 8.96. The number of benzene rings is 1. The van der Waals surface area contributed by atoms with E-state index in [9.17, 15) is 4.79 Å². The Morgan fingerprint density at radius 1 is 1.13 bits per heavy atom. The van der Waals surface area contributed by atoms with Gasteiger partial charge in [0.15, 0.2) is 0 Å². The first-order chi connectivity index (χ1) is 6.52. The predicted molar refractivity (Wildman–Crippen MR) is 69.7 cm³/mol. The van der Waals surface area contributed by atoms with Gasteiger partial charge >= 0.3 is 0 Å². The van der Waals surface area contributed by atoms with Crippen molar-refractivity contribution in [2.75, 3.05) is 5.32 Å². The van der Waals surface area contributed by atoms with Crippen molar-refractivity contribution in [3.8, 4) is 0 Å². The fourth-order valence-electron chi connectivity index (χ4n) is 0.645. The lowest BCUT2D eigenvalue weighted by Gasteiger charge is -1.97. The Labute approximate surface area is 100 Å². The first-order valence-electron chi connectivity index (χ1n) is 3.55. The van der Waals surface area contributed by atoms with Gasteiger partial charge in [0.25, 0.3) is 10.5 Å². The van der Waals surface area contributed by atoms with Crippen LogP contribution in [0, 0.1) is 0 Å². The second kappa shape index (κ2) is 9.42. The summed E-state index contributed by atoms with van der Waals surface area (Å²) >= 11 is 6.66. The number of hydrogen-bond acceptors (Lipinski definition) is 2. The number of nitrogens with two attached hydrogens (primary N) is 1. The van der Waals surface area contributed by atoms with Crippen LogP contribution >= 0.6 is 25.3 Å². The van der Waals surface area contributed by atoms with Gasteiger partial charge in [-0.1, -0.05) is 50.9 Å². The molecule has 84 valence electrons. The molecule has 1 rings (SSSR count). The van der Waals surface area contributed by atoms with Crippen molar-refractivity contribution in [1.29, 1.82) is 0 Å². The van der Waals surface area contributed by atoms with Crippen molar-refractivity contribution >= 4 is 41.4 Å². The summed E-state index contributed by atoms with van der Waals surface area (Å²) in [5.41, 5.74) is 5.10. The van der Waals surface area contributed by atoms with E-state index in [1.54, 1.807) is 12.1 Å². The van der Waals surface area contributed by atoms with Crippen molar-refractivity contribution in [1.82, 2.24) is 0 Å². The smallest absolute Gasteiger partial charge is 0.280 e. The van der Waals surface area contributed by atoms with E-state index in [2.05, 4.69) is 36.3 Å². The predicted octanol–water partition coefficient (Wildman–Crippen LogP) is 2.78. The Kier molecular flexibility index (Phi) is 10.2. The summed E-state index contributed by atoms with van der Waals surface area (Å²) in [4.78, 5) is 19.5. The SMILES string of the molecule is C.NC(=O)S.O=C(S)Nc1ccccc1. The van der Waals surface area contributed by atoms with Crippen LogP contribution in [0.5, 0.6) is 0 Å². The summed E-state index contributed by atoms with van der Waals surface area (Å²) in [7, 11) is 0. The van der Waals surface area contributed by atoms with E-state index in [0.29, 0.717) is 0 Å². The van der Waals surface area contributed by atoms with Crippen molar-refractivity contribution in [3.63, 3.8) is 0 Å². The third-order valence-electron chi connectivity index (χ3n) is 1.03. The Bertz CT molecular complexity index is 300. The third-order valence-corrected chi connectivity index (χ3v) is 1.14. The van der Waals surface area contributed by atoms with E-state index in [1.165, 1.54) is 0 Å². The maximum atomic E-state index is 10.4. The molecule has 15 heavy (non-hydrogen) atoms. The van der Waals surface area contributed by atoms with Crippen LogP contribution < -0.4 is 11.1 Å². The molecule has 0 unspecified atom stereocenters. The molecule has 3 N–H and O–H groups in total. The van der Waals surface area contributed by atoms with Gasteiger partial charge in [-0.3, -0.25) is 9.59 Å². The van der Waals surface area contributed by atoms with Crippen LogP contribution in [-0.4, -0.2) is 10.5 Å². The number of hydrogen-bond donors (Lipinski definition) is 4. The van der Waals surface area contributed by atoms with Gasteiger partial charge in [-0.2, -0.15) is 0 Å². The number of primary amides is 1. The molecule has 2 amide bonds. The Balaban J connectivity index is 0. The van der Waals surface area contributed by atoms with Crippen molar-refractivity contribution in [3.05, 3.63) is 30.3 Å². The zero-order chi connectivity index (χ0) is 11.0. The maximum Gasteiger partial charge on any atom is 0.280 e. The number of thiol groups is 2. The van der Waals surface area contributed by atoms with Crippen molar-refractivity contribution < 1.29 is 9.59 Å². The molecule has 4 nitrogen and oxygen atoms in total. The summed E-state index contributed by atoms with van der Waals surface area (Å²) in [6, 6.07) is 9.18. The highest BCUT2D eigenvalue weighted by Gasteiger charge is 1.91. The zero-order valence-electron chi connectivity index (χ0n) is 7.18. The first-order valence-corrected chi connectivity index (χ1v) is 4.45. The monoisotopic (exact) mass is 246 g/mol. The maximum absolute atomic E-state index is 10.4. The van der Waals surface area contributed by atoms with Gasteiger partial charge in [-0.25, -0.2) is 0 Å². The molecule has 0 aliphatic carbocycles. The van der Waals surface area contributed by atoms with Crippen LogP contribution in [0.25, 0.3) is 0 Å². The number of anilines is 1. The van der Waals surface area contributed by atoms with Crippen LogP contribution in [0.4, 0.5) is 15.3 Å². The molecule has 1 aromatic rings. The van der Waals surface area contributed by atoms with Gasteiger partial charge in [0, 0.05) is 5.69 Å². The van der Waals surface area contributed by atoms with Gasteiger partial charge in [-0.05, 0) is 12.1 Å². The molecular weight excluding hydrogens is 232 g/mol. The van der Waals surface area contributed by atoms with Crippen molar-refractivity contribution in [2.24, 2.45) is 5.73 Å².